The molecule has 1 amide bonds. The minimum Gasteiger partial charge on any atom is -0.486 e. The molecule has 2 N–H and O–H groups in total. The van der Waals surface area contributed by atoms with E-state index in [2.05, 4.69) is 9.97 Å². The van der Waals surface area contributed by atoms with Gasteiger partial charge in [-0.25, -0.2) is 9.78 Å². The molecule has 0 radical (unpaired) electrons. The van der Waals surface area contributed by atoms with Gasteiger partial charge < -0.3 is 9.47 Å². The summed E-state index contributed by atoms with van der Waals surface area (Å²) in [5, 5.41) is 0.0133. The lowest BCUT2D eigenvalue weighted by molar-refractivity contribution is 0.0517. The number of amides is 1. The summed E-state index contributed by atoms with van der Waals surface area (Å²) in [6, 6.07) is -0.321. The van der Waals surface area contributed by atoms with Crippen molar-refractivity contribution in [2.24, 2.45) is 5.92 Å². The Labute approximate surface area is 159 Å². The van der Waals surface area contributed by atoms with Gasteiger partial charge in [0.2, 0.25) is 5.28 Å². The number of carbonyl (C=O) groups is 1. The second-order valence-electron chi connectivity index (χ2n) is 7.60. The number of hydrogen-bond acceptors (Lipinski definition) is 7. The first kappa shape index (κ1) is 19.5. The van der Waals surface area contributed by atoms with E-state index in [1.165, 1.54) is 11.1 Å². The van der Waals surface area contributed by atoms with Crippen molar-refractivity contribution >= 4 is 34.1 Å². The molecule has 0 aliphatic carbocycles. The van der Waals surface area contributed by atoms with Crippen LogP contribution in [0.25, 0.3) is 0 Å². The molecule has 1 saturated heterocycles. The Bertz CT molecular complexity index is 687. The van der Waals surface area contributed by atoms with E-state index in [9.17, 15) is 13.9 Å². The molecule has 1 aromatic heterocycles. The molecule has 0 aromatic carbocycles. The highest BCUT2D eigenvalue weighted by Gasteiger charge is 2.42. The molecule has 2 aliphatic heterocycles. The van der Waals surface area contributed by atoms with Gasteiger partial charge in [-0.15, -0.1) is 0 Å². The molecule has 1 unspecified atom stereocenters. The lowest BCUT2D eigenvalue weighted by Crippen LogP contribution is -2.53. The molecule has 2 aliphatic rings. The van der Waals surface area contributed by atoms with E-state index in [-0.39, 0.29) is 29.7 Å². The third-order valence-electron chi connectivity index (χ3n) is 4.44. The van der Waals surface area contributed by atoms with Crippen LogP contribution in [0.15, 0.2) is 6.20 Å². The van der Waals surface area contributed by atoms with Crippen LogP contribution in [0, 0.1) is 5.92 Å². The standard InChI is InChI=1S/C16H24ClN3O5S/c1-16(2,3)25-15(21)20-11(10-4-6-26(22,23)7-5-10)9-24-12-8-18-14(17)19-13(12)20/h8,10-11,22-23H,4-7,9H2,1-3H3. The largest absolute Gasteiger partial charge is 0.486 e. The maximum Gasteiger partial charge on any atom is 0.416 e. The van der Waals surface area contributed by atoms with Crippen molar-refractivity contribution in [1.82, 2.24) is 9.97 Å². The Morgan fingerprint density at radius 3 is 2.65 bits per heavy atom. The molecule has 26 heavy (non-hydrogen) atoms. The summed E-state index contributed by atoms with van der Waals surface area (Å²) in [7, 11) is -2.51. The predicted molar refractivity (Wildman–Crippen MR) is 100 cm³/mol. The zero-order valence-electron chi connectivity index (χ0n) is 15.0. The summed E-state index contributed by atoms with van der Waals surface area (Å²) < 4.78 is 31.1. The molecule has 1 aromatic rings. The van der Waals surface area contributed by atoms with Crippen LogP contribution in [0.3, 0.4) is 0 Å². The second-order valence-corrected chi connectivity index (χ2v) is 10.4. The molecule has 0 bridgehead atoms. The third kappa shape index (κ3) is 4.33. The van der Waals surface area contributed by atoms with Gasteiger partial charge in [0.05, 0.1) is 12.2 Å². The van der Waals surface area contributed by atoms with Gasteiger partial charge in [-0.3, -0.25) is 14.0 Å². The van der Waals surface area contributed by atoms with Crippen LogP contribution < -0.4 is 9.64 Å². The Kier molecular flexibility index (Phi) is 5.26. The number of fused-ring (bicyclic) bond motifs is 1. The summed E-state index contributed by atoms with van der Waals surface area (Å²) in [5.41, 5.74) is -0.668. The number of aromatic nitrogens is 2. The van der Waals surface area contributed by atoms with Crippen LogP contribution in [0.5, 0.6) is 5.75 Å². The van der Waals surface area contributed by atoms with Gasteiger partial charge in [-0.1, -0.05) is 0 Å². The van der Waals surface area contributed by atoms with Crippen molar-refractivity contribution in [3.8, 4) is 5.75 Å². The van der Waals surface area contributed by atoms with Crippen molar-refractivity contribution in [2.75, 3.05) is 23.0 Å². The van der Waals surface area contributed by atoms with Gasteiger partial charge in [-0.05, 0) is 51.1 Å². The van der Waals surface area contributed by atoms with Crippen molar-refractivity contribution < 1.29 is 23.4 Å². The summed E-state index contributed by atoms with van der Waals surface area (Å²) in [4.78, 5) is 22.5. The van der Waals surface area contributed by atoms with E-state index in [0.29, 0.717) is 30.1 Å². The summed E-state index contributed by atoms with van der Waals surface area (Å²) in [6.45, 7) is 5.65. The molecule has 1 atom stereocenters. The van der Waals surface area contributed by atoms with E-state index in [1.54, 1.807) is 20.8 Å². The highest BCUT2D eigenvalue weighted by Crippen LogP contribution is 2.48. The third-order valence-corrected chi connectivity index (χ3v) is 6.40. The predicted octanol–water partition coefficient (Wildman–Crippen LogP) is 3.79. The Balaban J connectivity index is 1.92. The van der Waals surface area contributed by atoms with Crippen LogP contribution in [-0.2, 0) is 4.74 Å². The highest BCUT2D eigenvalue weighted by atomic mass is 35.5. The van der Waals surface area contributed by atoms with Crippen molar-refractivity contribution in [3.05, 3.63) is 11.5 Å². The topological polar surface area (TPSA) is 105 Å². The number of halogens is 1. The molecular weight excluding hydrogens is 382 g/mol. The molecule has 3 heterocycles. The Morgan fingerprint density at radius 1 is 1.38 bits per heavy atom. The fraction of sp³-hybridized carbons (Fsp3) is 0.688. The van der Waals surface area contributed by atoms with Gasteiger partial charge in [0.1, 0.15) is 12.2 Å². The normalized spacial score (nSPS) is 24.4. The van der Waals surface area contributed by atoms with Crippen molar-refractivity contribution in [3.63, 3.8) is 0 Å². The molecule has 146 valence electrons. The molecule has 8 nitrogen and oxygen atoms in total. The number of anilines is 1. The van der Waals surface area contributed by atoms with Crippen LogP contribution in [0.1, 0.15) is 33.6 Å². The number of ether oxygens (including phenoxy) is 2. The van der Waals surface area contributed by atoms with Crippen LogP contribution in [0.4, 0.5) is 10.6 Å². The summed E-state index contributed by atoms with van der Waals surface area (Å²) in [5.74, 6) is 1.36. The van der Waals surface area contributed by atoms with E-state index >= 15 is 0 Å². The monoisotopic (exact) mass is 405 g/mol. The minimum absolute atomic E-state index is 0.0133. The lowest BCUT2D eigenvalue weighted by atomic mass is 9.92. The first-order valence-electron chi connectivity index (χ1n) is 8.47. The average molecular weight is 406 g/mol. The molecule has 0 spiro atoms. The van der Waals surface area contributed by atoms with Crippen molar-refractivity contribution in [1.29, 1.82) is 0 Å². The number of rotatable bonds is 1. The fourth-order valence-electron chi connectivity index (χ4n) is 3.21. The molecule has 0 saturated carbocycles. The molecular formula is C16H24ClN3O5S. The second kappa shape index (κ2) is 7.03. The maximum atomic E-state index is 12.9. The first-order valence-corrected chi connectivity index (χ1v) is 10.7. The van der Waals surface area contributed by atoms with E-state index in [4.69, 9.17) is 21.1 Å². The summed E-state index contributed by atoms with van der Waals surface area (Å²) >= 11 is 5.93. The van der Waals surface area contributed by atoms with Gasteiger partial charge in [0.25, 0.3) is 0 Å². The van der Waals surface area contributed by atoms with Gasteiger partial charge in [0, 0.05) is 11.5 Å². The van der Waals surface area contributed by atoms with Crippen LogP contribution in [0.2, 0.25) is 5.28 Å². The van der Waals surface area contributed by atoms with Gasteiger partial charge in [-0.2, -0.15) is 15.6 Å². The SMILES string of the molecule is CC(C)(C)OC(=O)N1c2nc(Cl)ncc2OCC1C1CCS(O)(O)CC1. The maximum absolute atomic E-state index is 12.9. The van der Waals surface area contributed by atoms with E-state index in [0.717, 1.165) is 0 Å². The van der Waals surface area contributed by atoms with Crippen molar-refractivity contribution in [2.45, 2.75) is 45.3 Å². The van der Waals surface area contributed by atoms with Crippen LogP contribution in [-0.4, -0.2) is 54.9 Å². The van der Waals surface area contributed by atoms with Crippen LogP contribution >= 0.6 is 22.2 Å². The van der Waals surface area contributed by atoms with Gasteiger partial charge >= 0.3 is 6.09 Å². The zero-order valence-corrected chi connectivity index (χ0v) is 16.6. The quantitative estimate of drug-likeness (QED) is 0.684. The zero-order chi connectivity index (χ0) is 19.1. The lowest BCUT2D eigenvalue weighted by Gasteiger charge is -2.45. The summed E-state index contributed by atoms with van der Waals surface area (Å²) in [6.07, 6.45) is 2.09. The van der Waals surface area contributed by atoms with E-state index in [1.807, 2.05) is 0 Å². The number of carbonyl (C=O) groups excluding carboxylic acids is 1. The Hall–Kier alpha value is -1.29. The first-order chi connectivity index (χ1) is 12.1. The smallest absolute Gasteiger partial charge is 0.416 e. The molecule has 1 fully saturated rings. The highest BCUT2D eigenvalue weighted by molar-refractivity contribution is 8.24. The molecule has 10 heteroatoms. The Morgan fingerprint density at radius 2 is 2.04 bits per heavy atom. The fourth-order valence-corrected chi connectivity index (χ4v) is 4.91. The van der Waals surface area contributed by atoms with E-state index < -0.39 is 22.3 Å². The number of nitrogens with zero attached hydrogens (tertiary/aromatic N) is 3. The average Bonchev–Trinajstić information content (AvgIpc) is 2.52. The van der Waals surface area contributed by atoms with Gasteiger partial charge in [0.15, 0.2) is 11.6 Å². The molecule has 3 rings (SSSR count). The minimum atomic E-state index is -2.51. The number of hydrogen-bond donors (Lipinski definition) is 2.